The highest BCUT2D eigenvalue weighted by molar-refractivity contribution is 9.10. The van der Waals surface area contributed by atoms with Gasteiger partial charge < -0.3 is 10.4 Å². The van der Waals surface area contributed by atoms with Crippen LogP contribution in [-0.2, 0) is 4.79 Å². The van der Waals surface area contributed by atoms with Crippen molar-refractivity contribution in [3.63, 3.8) is 0 Å². The summed E-state index contributed by atoms with van der Waals surface area (Å²) in [5, 5.41) is 11.7. The number of carboxylic acids is 1. The summed E-state index contributed by atoms with van der Waals surface area (Å²) in [6.45, 7) is 1.86. The van der Waals surface area contributed by atoms with Gasteiger partial charge in [-0.05, 0) is 24.6 Å². The number of carboxylic acid groups (broad SMARTS) is 1. The Balaban J connectivity index is 2.86. The van der Waals surface area contributed by atoms with Crippen LogP contribution in [0.3, 0.4) is 0 Å². The van der Waals surface area contributed by atoms with Gasteiger partial charge in [-0.3, -0.25) is 4.79 Å². The zero-order valence-electron chi connectivity index (χ0n) is 9.74. The molecule has 0 saturated carbocycles. The minimum Gasteiger partial charge on any atom is -0.480 e. The summed E-state index contributed by atoms with van der Waals surface area (Å²) >= 11 is 9.14. The second-order valence-corrected chi connectivity index (χ2v) is 5.10. The smallest absolute Gasteiger partial charge is 0.326 e. The average Bonchev–Trinajstić information content (AvgIpc) is 2.31. The quantitative estimate of drug-likeness (QED) is 0.869. The molecule has 2 N–H and O–H groups in total. The van der Waals surface area contributed by atoms with Crippen molar-refractivity contribution < 1.29 is 14.7 Å². The molecule has 1 atom stereocenters. The highest BCUT2D eigenvalue weighted by Crippen LogP contribution is 2.21. The van der Waals surface area contributed by atoms with E-state index < -0.39 is 17.9 Å². The number of carbonyl (C=O) groups is 2. The fraction of sp³-hybridized carbons (Fsp3) is 0.333. The van der Waals surface area contributed by atoms with E-state index >= 15 is 0 Å². The summed E-state index contributed by atoms with van der Waals surface area (Å²) < 4.78 is 0.708. The maximum absolute atomic E-state index is 11.9. The largest absolute Gasteiger partial charge is 0.480 e. The Morgan fingerprint density at radius 2 is 2.17 bits per heavy atom. The van der Waals surface area contributed by atoms with Crippen LogP contribution in [0.1, 0.15) is 30.1 Å². The SMILES string of the molecule is CCC[C@@H](NC(=O)c1cc(Br)ccc1Cl)C(=O)O. The lowest BCUT2D eigenvalue weighted by Crippen LogP contribution is -2.40. The Hall–Kier alpha value is -1.07. The molecule has 0 bridgehead atoms. The number of amides is 1. The maximum atomic E-state index is 11.9. The molecular weight excluding hydrogens is 321 g/mol. The Bertz CT molecular complexity index is 465. The van der Waals surface area contributed by atoms with Gasteiger partial charge in [-0.1, -0.05) is 40.9 Å². The van der Waals surface area contributed by atoms with E-state index in [0.29, 0.717) is 17.3 Å². The minimum atomic E-state index is -1.05. The Morgan fingerprint density at radius 3 is 2.72 bits per heavy atom. The van der Waals surface area contributed by atoms with Crippen LogP contribution in [0, 0.1) is 0 Å². The van der Waals surface area contributed by atoms with Gasteiger partial charge in [-0.15, -0.1) is 0 Å². The van der Waals surface area contributed by atoms with Crippen LogP contribution in [0.25, 0.3) is 0 Å². The first-order valence-corrected chi connectivity index (χ1v) is 6.61. The summed E-state index contributed by atoms with van der Waals surface area (Å²) in [6.07, 6.45) is 1.05. The molecule has 0 fully saturated rings. The van der Waals surface area contributed by atoms with Crippen molar-refractivity contribution in [2.24, 2.45) is 0 Å². The van der Waals surface area contributed by atoms with Crippen LogP contribution < -0.4 is 5.32 Å². The molecule has 0 radical (unpaired) electrons. The predicted molar refractivity (Wildman–Crippen MR) is 73.0 cm³/mol. The van der Waals surface area contributed by atoms with Crippen molar-refractivity contribution in [1.82, 2.24) is 5.32 Å². The van der Waals surface area contributed by atoms with Gasteiger partial charge >= 0.3 is 5.97 Å². The first kappa shape index (κ1) is 15.0. The first-order chi connectivity index (χ1) is 8.45. The molecule has 0 aromatic heterocycles. The summed E-state index contributed by atoms with van der Waals surface area (Å²) in [5.41, 5.74) is 0.258. The lowest BCUT2D eigenvalue weighted by atomic mass is 10.1. The number of benzene rings is 1. The second kappa shape index (κ2) is 6.75. The number of aliphatic carboxylic acids is 1. The van der Waals surface area contributed by atoms with E-state index in [4.69, 9.17) is 16.7 Å². The number of nitrogens with one attached hydrogen (secondary N) is 1. The van der Waals surface area contributed by atoms with Crippen molar-refractivity contribution in [3.05, 3.63) is 33.3 Å². The molecule has 18 heavy (non-hydrogen) atoms. The molecule has 4 nitrogen and oxygen atoms in total. The lowest BCUT2D eigenvalue weighted by Gasteiger charge is -2.14. The molecule has 6 heteroatoms. The average molecular weight is 335 g/mol. The number of hydrogen-bond donors (Lipinski definition) is 2. The second-order valence-electron chi connectivity index (χ2n) is 3.78. The molecule has 0 spiro atoms. The Morgan fingerprint density at radius 1 is 1.50 bits per heavy atom. The summed E-state index contributed by atoms with van der Waals surface area (Å²) in [4.78, 5) is 22.9. The van der Waals surface area contributed by atoms with E-state index in [1.165, 1.54) is 0 Å². The van der Waals surface area contributed by atoms with E-state index in [-0.39, 0.29) is 10.6 Å². The van der Waals surface area contributed by atoms with Gasteiger partial charge in [0.1, 0.15) is 6.04 Å². The molecule has 0 aliphatic heterocycles. The van der Waals surface area contributed by atoms with Crippen molar-refractivity contribution >= 4 is 39.4 Å². The van der Waals surface area contributed by atoms with E-state index in [1.54, 1.807) is 18.2 Å². The van der Waals surface area contributed by atoms with Crippen molar-refractivity contribution in [2.75, 3.05) is 0 Å². The third-order valence-electron chi connectivity index (χ3n) is 2.35. The Labute approximate surface area is 118 Å². The van der Waals surface area contributed by atoms with Gasteiger partial charge in [-0.2, -0.15) is 0 Å². The van der Waals surface area contributed by atoms with E-state index in [9.17, 15) is 9.59 Å². The van der Waals surface area contributed by atoms with Gasteiger partial charge in [-0.25, -0.2) is 4.79 Å². The third-order valence-corrected chi connectivity index (χ3v) is 3.18. The number of halogens is 2. The molecule has 0 unspecified atom stereocenters. The van der Waals surface area contributed by atoms with Crippen LogP contribution in [0.15, 0.2) is 22.7 Å². The van der Waals surface area contributed by atoms with Gasteiger partial charge in [0.25, 0.3) is 5.91 Å². The lowest BCUT2D eigenvalue weighted by molar-refractivity contribution is -0.139. The van der Waals surface area contributed by atoms with Crippen LogP contribution in [0.4, 0.5) is 0 Å². The normalized spacial score (nSPS) is 11.9. The van der Waals surface area contributed by atoms with Gasteiger partial charge in [0.2, 0.25) is 0 Å². The molecule has 1 aromatic carbocycles. The molecule has 98 valence electrons. The van der Waals surface area contributed by atoms with Crippen molar-refractivity contribution in [2.45, 2.75) is 25.8 Å². The van der Waals surface area contributed by atoms with Gasteiger partial charge in [0.15, 0.2) is 0 Å². The zero-order valence-corrected chi connectivity index (χ0v) is 12.1. The van der Waals surface area contributed by atoms with Gasteiger partial charge in [0.05, 0.1) is 10.6 Å². The third kappa shape index (κ3) is 3.99. The van der Waals surface area contributed by atoms with E-state index in [2.05, 4.69) is 21.2 Å². The predicted octanol–water partition coefficient (Wildman–Crippen LogP) is 3.09. The zero-order chi connectivity index (χ0) is 13.7. The molecule has 1 amide bonds. The van der Waals surface area contributed by atoms with E-state index in [1.807, 2.05) is 6.92 Å². The standard InChI is InChI=1S/C12H13BrClNO3/c1-2-3-10(12(17)18)15-11(16)8-6-7(13)4-5-9(8)14/h4-6,10H,2-3H2,1H3,(H,15,16)(H,17,18)/t10-/m1/s1. The van der Waals surface area contributed by atoms with Crippen LogP contribution in [0.5, 0.6) is 0 Å². The minimum absolute atomic E-state index is 0.258. The maximum Gasteiger partial charge on any atom is 0.326 e. The summed E-state index contributed by atoms with van der Waals surface area (Å²) in [6, 6.07) is 3.95. The number of rotatable bonds is 5. The highest BCUT2D eigenvalue weighted by atomic mass is 79.9. The molecule has 0 aliphatic rings. The van der Waals surface area contributed by atoms with E-state index in [0.717, 1.165) is 0 Å². The molecule has 1 rings (SSSR count). The molecule has 0 heterocycles. The molecule has 0 aliphatic carbocycles. The number of carbonyl (C=O) groups excluding carboxylic acids is 1. The van der Waals surface area contributed by atoms with Crippen LogP contribution in [-0.4, -0.2) is 23.0 Å². The first-order valence-electron chi connectivity index (χ1n) is 5.44. The van der Waals surface area contributed by atoms with Crippen LogP contribution in [0.2, 0.25) is 5.02 Å². The molecular formula is C12H13BrClNO3. The fourth-order valence-electron chi connectivity index (χ4n) is 1.45. The molecule has 1 aromatic rings. The Kier molecular flexibility index (Phi) is 5.62. The highest BCUT2D eigenvalue weighted by Gasteiger charge is 2.20. The van der Waals surface area contributed by atoms with Crippen LogP contribution >= 0.6 is 27.5 Å². The fourth-order valence-corrected chi connectivity index (χ4v) is 2.02. The topological polar surface area (TPSA) is 66.4 Å². The van der Waals surface area contributed by atoms with Crippen molar-refractivity contribution in [3.8, 4) is 0 Å². The monoisotopic (exact) mass is 333 g/mol. The van der Waals surface area contributed by atoms with Crippen molar-refractivity contribution in [1.29, 1.82) is 0 Å². The summed E-state index contributed by atoms with van der Waals surface area (Å²) in [5.74, 6) is -1.53. The molecule has 0 saturated heterocycles. The van der Waals surface area contributed by atoms with Gasteiger partial charge in [0, 0.05) is 4.47 Å². The summed E-state index contributed by atoms with van der Waals surface area (Å²) in [7, 11) is 0. The number of hydrogen-bond acceptors (Lipinski definition) is 2.